The number of hydrogen-bond donors (Lipinski definition) is 4. The molecule has 0 aromatic heterocycles. The summed E-state index contributed by atoms with van der Waals surface area (Å²) < 4.78 is 0. The molecule has 0 spiro atoms. The van der Waals surface area contributed by atoms with Crippen molar-refractivity contribution < 1.29 is 39.6 Å². The number of carboxylic acid groups (broad SMARTS) is 4. The average molecular weight is 262 g/mol. The van der Waals surface area contributed by atoms with Crippen LogP contribution in [0.5, 0.6) is 0 Å². The van der Waals surface area contributed by atoms with Crippen LogP contribution in [0.3, 0.4) is 0 Å². The fourth-order valence-corrected chi connectivity index (χ4v) is 1.45. The molecule has 8 nitrogen and oxygen atoms in total. The Morgan fingerprint density at radius 3 is 1.11 bits per heavy atom. The van der Waals surface area contributed by atoms with E-state index >= 15 is 0 Å². The van der Waals surface area contributed by atoms with Gasteiger partial charge >= 0.3 is 23.9 Å². The highest BCUT2D eigenvalue weighted by atomic mass is 16.4. The van der Waals surface area contributed by atoms with Crippen LogP contribution in [-0.2, 0) is 19.2 Å². The summed E-state index contributed by atoms with van der Waals surface area (Å²) in [6.07, 6.45) is -1.61. The third kappa shape index (κ3) is 6.46. The predicted molar refractivity (Wildman–Crippen MR) is 56.0 cm³/mol. The molecule has 2 unspecified atom stereocenters. The zero-order valence-corrected chi connectivity index (χ0v) is 9.40. The second-order valence-electron chi connectivity index (χ2n) is 3.84. The molecule has 0 aromatic carbocycles. The first-order valence-corrected chi connectivity index (χ1v) is 5.13. The van der Waals surface area contributed by atoms with Gasteiger partial charge in [-0.05, 0) is 12.8 Å². The molecule has 0 bridgehead atoms. The Labute approximate surface area is 102 Å². The number of rotatable bonds is 9. The van der Waals surface area contributed by atoms with Crippen molar-refractivity contribution in [3.8, 4) is 0 Å². The van der Waals surface area contributed by atoms with E-state index in [0.717, 1.165) is 0 Å². The summed E-state index contributed by atoms with van der Waals surface area (Å²) in [6.45, 7) is 0. The van der Waals surface area contributed by atoms with Crippen molar-refractivity contribution in [2.24, 2.45) is 11.8 Å². The first-order valence-electron chi connectivity index (χ1n) is 5.13. The second kappa shape index (κ2) is 7.25. The molecule has 0 rings (SSSR count). The second-order valence-corrected chi connectivity index (χ2v) is 3.84. The van der Waals surface area contributed by atoms with E-state index in [9.17, 15) is 19.2 Å². The Hall–Kier alpha value is -2.12. The van der Waals surface area contributed by atoms with Gasteiger partial charge < -0.3 is 20.4 Å². The molecule has 0 saturated heterocycles. The van der Waals surface area contributed by atoms with E-state index in [0.29, 0.717) is 0 Å². The lowest BCUT2D eigenvalue weighted by molar-refractivity contribution is -0.150. The van der Waals surface area contributed by atoms with E-state index in [1.807, 2.05) is 0 Å². The Kier molecular flexibility index (Phi) is 6.40. The summed E-state index contributed by atoms with van der Waals surface area (Å²) in [5.41, 5.74) is 0. The molecule has 0 amide bonds. The van der Waals surface area contributed by atoms with Gasteiger partial charge in [-0.3, -0.25) is 19.2 Å². The van der Waals surface area contributed by atoms with E-state index in [1.54, 1.807) is 0 Å². The van der Waals surface area contributed by atoms with Crippen molar-refractivity contribution in [1.82, 2.24) is 0 Å². The smallest absolute Gasteiger partial charge is 0.307 e. The van der Waals surface area contributed by atoms with Crippen LogP contribution in [0, 0.1) is 11.8 Å². The molecule has 2 atom stereocenters. The summed E-state index contributed by atoms with van der Waals surface area (Å²) in [4.78, 5) is 42.2. The molecule has 0 aliphatic carbocycles. The van der Waals surface area contributed by atoms with Gasteiger partial charge in [-0.25, -0.2) is 0 Å². The average Bonchev–Trinajstić information content (AvgIpc) is 2.20. The van der Waals surface area contributed by atoms with Gasteiger partial charge in [0.15, 0.2) is 0 Å². The van der Waals surface area contributed by atoms with Crippen LogP contribution in [0.4, 0.5) is 0 Å². The zero-order valence-electron chi connectivity index (χ0n) is 9.40. The third-order valence-electron chi connectivity index (χ3n) is 2.40. The molecule has 0 aromatic rings. The minimum Gasteiger partial charge on any atom is -0.481 e. The molecule has 0 aliphatic rings. The van der Waals surface area contributed by atoms with Crippen LogP contribution in [-0.4, -0.2) is 44.3 Å². The molecule has 0 aliphatic heterocycles. The van der Waals surface area contributed by atoms with Crippen molar-refractivity contribution in [2.45, 2.75) is 25.7 Å². The maximum absolute atomic E-state index is 10.7. The molecular formula is C10H14O8. The number of aliphatic carboxylic acids is 4. The maximum Gasteiger partial charge on any atom is 0.307 e. The number of hydrogen-bond acceptors (Lipinski definition) is 4. The SMILES string of the molecule is O=C(O)CC(CCC(CC(=O)O)C(=O)O)C(=O)O. The van der Waals surface area contributed by atoms with Gasteiger partial charge in [-0.1, -0.05) is 0 Å². The van der Waals surface area contributed by atoms with Gasteiger partial charge in [0, 0.05) is 0 Å². The standard InChI is InChI=1S/C10H14O8/c11-7(12)3-5(9(15)16)1-2-6(10(17)18)4-8(13)14/h5-6H,1-4H2,(H,11,12)(H,13,14)(H,15,16)(H,17,18). The highest BCUT2D eigenvalue weighted by molar-refractivity contribution is 5.79. The van der Waals surface area contributed by atoms with Crippen LogP contribution >= 0.6 is 0 Å². The Morgan fingerprint density at radius 2 is 0.944 bits per heavy atom. The van der Waals surface area contributed by atoms with Crippen LogP contribution in [0.2, 0.25) is 0 Å². The third-order valence-corrected chi connectivity index (χ3v) is 2.40. The Morgan fingerprint density at radius 1 is 0.667 bits per heavy atom. The lowest BCUT2D eigenvalue weighted by atomic mass is 9.92. The zero-order chi connectivity index (χ0) is 14.3. The highest BCUT2D eigenvalue weighted by Gasteiger charge is 2.26. The first kappa shape index (κ1) is 15.9. The molecule has 8 heteroatoms. The summed E-state index contributed by atoms with van der Waals surface area (Å²) in [7, 11) is 0. The summed E-state index contributed by atoms with van der Waals surface area (Å²) in [5.74, 6) is -7.69. The summed E-state index contributed by atoms with van der Waals surface area (Å²) in [5, 5.41) is 34.4. The first-order chi connectivity index (χ1) is 8.23. The quantitative estimate of drug-likeness (QED) is 0.457. The maximum atomic E-state index is 10.7. The van der Waals surface area contributed by atoms with Gasteiger partial charge in [0.2, 0.25) is 0 Å². The monoisotopic (exact) mass is 262 g/mol. The molecule has 0 radical (unpaired) electrons. The van der Waals surface area contributed by atoms with Crippen molar-refractivity contribution >= 4 is 23.9 Å². The normalized spacial score (nSPS) is 13.6. The molecular weight excluding hydrogens is 248 g/mol. The fraction of sp³-hybridized carbons (Fsp3) is 0.600. The molecule has 0 fully saturated rings. The molecule has 102 valence electrons. The van der Waals surface area contributed by atoms with E-state index in [2.05, 4.69) is 0 Å². The Balaban J connectivity index is 4.45. The fourth-order valence-electron chi connectivity index (χ4n) is 1.45. The minimum atomic E-state index is -1.34. The lowest BCUT2D eigenvalue weighted by Crippen LogP contribution is -2.22. The van der Waals surface area contributed by atoms with E-state index in [-0.39, 0.29) is 12.8 Å². The van der Waals surface area contributed by atoms with Gasteiger partial charge in [-0.15, -0.1) is 0 Å². The van der Waals surface area contributed by atoms with E-state index in [1.165, 1.54) is 0 Å². The van der Waals surface area contributed by atoms with Crippen LogP contribution in [0.25, 0.3) is 0 Å². The largest absolute Gasteiger partial charge is 0.481 e. The number of carboxylic acids is 4. The van der Waals surface area contributed by atoms with Crippen LogP contribution in [0.15, 0.2) is 0 Å². The lowest BCUT2D eigenvalue weighted by Gasteiger charge is -2.13. The minimum absolute atomic E-state index is 0.189. The van der Waals surface area contributed by atoms with Gasteiger partial charge in [0.25, 0.3) is 0 Å². The summed E-state index contributed by atoms with van der Waals surface area (Å²) >= 11 is 0. The number of carbonyl (C=O) groups is 4. The van der Waals surface area contributed by atoms with Crippen molar-refractivity contribution in [3.63, 3.8) is 0 Å². The van der Waals surface area contributed by atoms with Crippen molar-refractivity contribution in [1.29, 1.82) is 0 Å². The predicted octanol–water partition coefficient (Wildman–Crippen LogP) is 0.118. The summed E-state index contributed by atoms with van der Waals surface area (Å²) in [6, 6.07) is 0. The molecule has 4 N–H and O–H groups in total. The topological polar surface area (TPSA) is 149 Å². The van der Waals surface area contributed by atoms with E-state index in [4.69, 9.17) is 20.4 Å². The van der Waals surface area contributed by atoms with Gasteiger partial charge in [-0.2, -0.15) is 0 Å². The molecule has 0 saturated carbocycles. The van der Waals surface area contributed by atoms with Crippen LogP contribution < -0.4 is 0 Å². The molecule has 18 heavy (non-hydrogen) atoms. The van der Waals surface area contributed by atoms with Crippen molar-refractivity contribution in [2.75, 3.05) is 0 Å². The van der Waals surface area contributed by atoms with Gasteiger partial charge in [0.1, 0.15) is 0 Å². The Bertz CT molecular complexity index is 314. The van der Waals surface area contributed by atoms with Gasteiger partial charge in [0.05, 0.1) is 24.7 Å². The van der Waals surface area contributed by atoms with E-state index < -0.39 is 48.6 Å². The molecule has 0 heterocycles. The highest BCUT2D eigenvalue weighted by Crippen LogP contribution is 2.19. The van der Waals surface area contributed by atoms with Crippen molar-refractivity contribution in [3.05, 3.63) is 0 Å². The van der Waals surface area contributed by atoms with Crippen LogP contribution in [0.1, 0.15) is 25.7 Å².